The van der Waals surface area contributed by atoms with Gasteiger partial charge in [-0.05, 0) is 36.4 Å². The van der Waals surface area contributed by atoms with Gasteiger partial charge < -0.3 is 10.1 Å². The third-order valence-electron chi connectivity index (χ3n) is 3.97. The Bertz CT molecular complexity index is 1090. The number of amides is 1. The summed E-state index contributed by atoms with van der Waals surface area (Å²) in [6.07, 6.45) is 1.72. The van der Waals surface area contributed by atoms with Crippen molar-refractivity contribution in [1.82, 2.24) is 14.8 Å². The van der Waals surface area contributed by atoms with E-state index in [0.29, 0.717) is 49.6 Å². The van der Waals surface area contributed by atoms with Crippen LogP contribution in [-0.4, -0.2) is 33.5 Å². The first-order chi connectivity index (χ1) is 14.4. The molecule has 30 heavy (non-hydrogen) atoms. The fraction of sp³-hybridized carbons (Fsp3) is 0.150. The second kappa shape index (κ2) is 10.2. The van der Waals surface area contributed by atoms with E-state index in [0.717, 1.165) is 0 Å². The largest absolute Gasteiger partial charge is 0.496 e. The Hall–Kier alpha value is -2.19. The van der Waals surface area contributed by atoms with E-state index in [2.05, 4.69) is 22.1 Å². The van der Waals surface area contributed by atoms with Crippen molar-refractivity contribution in [2.75, 3.05) is 18.2 Å². The highest BCUT2D eigenvalue weighted by atomic mass is 35.5. The number of methoxy groups -OCH3 is 1. The molecule has 2 aromatic carbocycles. The Labute approximate surface area is 193 Å². The van der Waals surface area contributed by atoms with Crippen LogP contribution in [0.1, 0.15) is 0 Å². The summed E-state index contributed by atoms with van der Waals surface area (Å²) in [4.78, 5) is 12.4. The topological polar surface area (TPSA) is 69.0 Å². The third-order valence-corrected chi connectivity index (χ3v) is 5.73. The zero-order valence-corrected chi connectivity index (χ0v) is 18.9. The molecule has 0 radical (unpaired) electrons. The highest BCUT2D eigenvalue weighted by Crippen LogP contribution is 2.33. The lowest BCUT2D eigenvalue weighted by atomic mass is 10.2. The molecule has 3 aromatic rings. The zero-order chi connectivity index (χ0) is 21.7. The average molecular weight is 484 g/mol. The van der Waals surface area contributed by atoms with Gasteiger partial charge in [0.05, 0.1) is 29.1 Å². The van der Waals surface area contributed by atoms with Crippen molar-refractivity contribution in [3.63, 3.8) is 0 Å². The van der Waals surface area contributed by atoms with Crippen molar-refractivity contribution in [1.29, 1.82) is 0 Å². The van der Waals surface area contributed by atoms with Crippen molar-refractivity contribution >= 4 is 58.2 Å². The minimum Gasteiger partial charge on any atom is -0.496 e. The maximum Gasteiger partial charge on any atom is 0.234 e. The number of benzene rings is 2. The summed E-state index contributed by atoms with van der Waals surface area (Å²) < 4.78 is 7.26. The van der Waals surface area contributed by atoms with Crippen LogP contribution in [0, 0.1) is 0 Å². The monoisotopic (exact) mass is 482 g/mol. The fourth-order valence-corrected chi connectivity index (χ4v) is 3.91. The highest BCUT2D eigenvalue weighted by molar-refractivity contribution is 7.99. The Balaban J connectivity index is 1.80. The van der Waals surface area contributed by atoms with Crippen LogP contribution in [0.2, 0.25) is 15.1 Å². The van der Waals surface area contributed by atoms with E-state index >= 15 is 0 Å². The lowest BCUT2D eigenvalue weighted by molar-refractivity contribution is -0.113. The number of allylic oxidation sites excluding steroid dienone is 1. The maximum atomic E-state index is 12.4. The van der Waals surface area contributed by atoms with E-state index in [9.17, 15) is 4.79 Å². The molecule has 0 aliphatic rings. The van der Waals surface area contributed by atoms with Gasteiger partial charge in [0.25, 0.3) is 0 Å². The minimum absolute atomic E-state index is 0.102. The summed E-state index contributed by atoms with van der Waals surface area (Å²) in [6, 6.07) is 10.1. The number of rotatable bonds is 8. The number of hydrogen-bond acceptors (Lipinski definition) is 5. The van der Waals surface area contributed by atoms with E-state index in [1.807, 2.05) is 4.57 Å². The van der Waals surface area contributed by atoms with Crippen LogP contribution >= 0.6 is 46.6 Å². The normalized spacial score (nSPS) is 10.7. The highest BCUT2D eigenvalue weighted by Gasteiger charge is 2.18. The van der Waals surface area contributed by atoms with Gasteiger partial charge in [-0.2, -0.15) is 0 Å². The second-order valence-corrected chi connectivity index (χ2v) is 8.23. The van der Waals surface area contributed by atoms with Crippen molar-refractivity contribution < 1.29 is 9.53 Å². The van der Waals surface area contributed by atoms with Gasteiger partial charge in [0.2, 0.25) is 5.91 Å². The molecular weight excluding hydrogens is 467 g/mol. The quantitative estimate of drug-likeness (QED) is 0.322. The van der Waals surface area contributed by atoms with Crippen LogP contribution in [0.4, 0.5) is 5.69 Å². The molecule has 0 unspecified atom stereocenters. The number of nitrogens with zero attached hydrogens (tertiary/aromatic N) is 3. The maximum absolute atomic E-state index is 12.4. The van der Waals surface area contributed by atoms with Crippen LogP contribution in [0.3, 0.4) is 0 Å². The van der Waals surface area contributed by atoms with Gasteiger partial charge in [-0.15, -0.1) is 16.8 Å². The molecule has 1 aromatic heterocycles. The molecule has 1 N–H and O–H groups in total. The molecule has 0 atom stereocenters. The van der Waals surface area contributed by atoms with Gasteiger partial charge in [0.1, 0.15) is 5.75 Å². The minimum atomic E-state index is -0.251. The first-order valence-corrected chi connectivity index (χ1v) is 10.8. The predicted octanol–water partition coefficient (Wildman–Crippen LogP) is 5.83. The molecule has 6 nitrogen and oxygen atoms in total. The first-order valence-electron chi connectivity index (χ1n) is 8.68. The molecule has 1 amide bonds. The number of carbonyl (C=O) groups is 1. The molecule has 0 saturated carbocycles. The molecular formula is C20H17Cl3N4O2S. The van der Waals surface area contributed by atoms with Crippen LogP contribution in [0.15, 0.2) is 54.2 Å². The number of aromatic nitrogens is 3. The molecule has 0 saturated heterocycles. The lowest BCUT2D eigenvalue weighted by Crippen LogP contribution is -2.15. The Morgan fingerprint density at radius 3 is 2.67 bits per heavy atom. The predicted molar refractivity (Wildman–Crippen MR) is 123 cm³/mol. The fourth-order valence-electron chi connectivity index (χ4n) is 2.65. The van der Waals surface area contributed by atoms with Gasteiger partial charge in [0.15, 0.2) is 11.0 Å². The summed E-state index contributed by atoms with van der Waals surface area (Å²) in [5, 5.41) is 13.2. The van der Waals surface area contributed by atoms with Gasteiger partial charge >= 0.3 is 0 Å². The molecule has 0 fully saturated rings. The molecule has 0 spiro atoms. The van der Waals surface area contributed by atoms with Gasteiger partial charge in [-0.1, -0.05) is 52.6 Å². The summed E-state index contributed by atoms with van der Waals surface area (Å²) in [7, 11) is 1.57. The summed E-state index contributed by atoms with van der Waals surface area (Å²) in [6.45, 7) is 4.24. The SMILES string of the molecule is C=CCn1c(SCC(=O)Nc2cc(Cl)ccc2Cl)nnc1-c1cc(Cl)ccc1OC. The molecule has 10 heteroatoms. The van der Waals surface area contributed by atoms with E-state index in [4.69, 9.17) is 39.5 Å². The lowest BCUT2D eigenvalue weighted by Gasteiger charge is -2.11. The first kappa shape index (κ1) is 22.5. The molecule has 156 valence electrons. The van der Waals surface area contributed by atoms with Crippen LogP contribution < -0.4 is 10.1 Å². The second-order valence-electron chi connectivity index (χ2n) is 6.01. The number of nitrogens with one attached hydrogen (secondary N) is 1. The van der Waals surface area contributed by atoms with Crippen molar-refractivity contribution in [2.45, 2.75) is 11.7 Å². The summed E-state index contributed by atoms with van der Waals surface area (Å²) in [5.41, 5.74) is 1.15. The Morgan fingerprint density at radius 1 is 1.20 bits per heavy atom. The molecule has 0 aliphatic heterocycles. The molecule has 3 rings (SSSR count). The third kappa shape index (κ3) is 5.29. The van der Waals surface area contributed by atoms with Crippen LogP contribution in [0.5, 0.6) is 5.75 Å². The average Bonchev–Trinajstić information content (AvgIpc) is 3.12. The van der Waals surface area contributed by atoms with Gasteiger partial charge in [-0.25, -0.2) is 0 Å². The van der Waals surface area contributed by atoms with Gasteiger partial charge in [-0.3, -0.25) is 9.36 Å². The van der Waals surface area contributed by atoms with E-state index in [1.54, 1.807) is 49.6 Å². The Morgan fingerprint density at radius 2 is 1.93 bits per heavy atom. The Kier molecular flexibility index (Phi) is 7.66. The van der Waals surface area contributed by atoms with E-state index in [-0.39, 0.29) is 11.7 Å². The standard InChI is InChI=1S/C20H17Cl3N4O2S/c1-3-8-27-19(14-9-12(21)5-7-17(14)29-2)25-26-20(27)30-11-18(28)24-16-10-13(22)4-6-15(16)23/h3-7,9-10H,1,8,11H2,2H3,(H,24,28). The number of carbonyl (C=O) groups excluding carboxylic acids is 1. The van der Waals surface area contributed by atoms with Gasteiger partial charge in [0, 0.05) is 16.6 Å². The zero-order valence-electron chi connectivity index (χ0n) is 15.9. The number of anilines is 1. The number of ether oxygens (including phenoxy) is 1. The van der Waals surface area contributed by atoms with Crippen molar-refractivity contribution in [3.8, 4) is 17.1 Å². The van der Waals surface area contributed by atoms with Crippen molar-refractivity contribution in [3.05, 3.63) is 64.1 Å². The van der Waals surface area contributed by atoms with Crippen LogP contribution in [-0.2, 0) is 11.3 Å². The summed E-state index contributed by atoms with van der Waals surface area (Å²) >= 11 is 19.4. The number of thioether (sulfide) groups is 1. The molecule has 0 bridgehead atoms. The molecule has 1 heterocycles. The smallest absolute Gasteiger partial charge is 0.234 e. The van der Waals surface area contributed by atoms with Crippen LogP contribution in [0.25, 0.3) is 11.4 Å². The summed E-state index contributed by atoms with van der Waals surface area (Å²) in [5.74, 6) is 1.03. The van der Waals surface area contributed by atoms with E-state index < -0.39 is 0 Å². The van der Waals surface area contributed by atoms with E-state index in [1.165, 1.54) is 11.8 Å². The number of hydrogen-bond donors (Lipinski definition) is 1. The number of halogens is 3. The molecule has 0 aliphatic carbocycles. The van der Waals surface area contributed by atoms with Crippen molar-refractivity contribution in [2.24, 2.45) is 0 Å².